The number of alkyl halides is 3. The molecule has 1 fully saturated rings. The summed E-state index contributed by atoms with van der Waals surface area (Å²) < 4.78 is 41.6. The van der Waals surface area contributed by atoms with E-state index in [1.54, 1.807) is 13.0 Å². The Morgan fingerprint density at radius 2 is 1.70 bits per heavy atom. The lowest BCUT2D eigenvalue weighted by Gasteiger charge is -2.36. The van der Waals surface area contributed by atoms with Crippen LogP contribution in [0.15, 0.2) is 54.2 Å². The highest BCUT2D eigenvalue weighted by Gasteiger charge is 2.34. The summed E-state index contributed by atoms with van der Waals surface area (Å²) in [6.07, 6.45) is -3.17. The predicted molar refractivity (Wildman–Crippen MR) is 147 cm³/mol. The first-order chi connectivity index (χ1) is 19.1. The molecule has 40 heavy (non-hydrogen) atoms. The lowest BCUT2D eigenvalue weighted by molar-refractivity contribution is -0.137. The van der Waals surface area contributed by atoms with E-state index < -0.39 is 11.7 Å². The molecular weight excluding hydrogens is 564 g/mol. The first-order valence-electron chi connectivity index (χ1n) is 12.6. The second-order valence-electron chi connectivity index (χ2n) is 9.85. The Labute approximate surface area is 239 Å². The number of amides is 1. The van der Waals surface area contributed by atoms with Crippen LogP contribution in [0.2, 0.25) is 10.0 Å². The molecule has 1 amide bonds. The Morgan fingerprint density at radius 1 is 1.05 bits per heavy atom. The zero-order valence-electron chi connectivity index (χ0n) is 21.5. The van der Waals surface area contributed by atoms with Gasteiger partial charge in [0.1, 0.15) is 11.6 Å². The Kier molecular flexibility index (Phi) is 7.93. The van der Waals surface area contributed by atoms with Crippen molar-refractivity contribution >= 4 is 40.6 Å². The summed E-state index contributed by atoms with van der Waals surface area (Å²) in [5, 5.41) is 15.3. The minimum absolute atomic E-state index is 0.128. The van der Waals surface area contributed by atoms with Gasteiger partial charge in [-0.25, -0.2) is 4.68 Å². The van der Waals surface area contributed by atoms with Crippen LogP contribution in [0.5, 0.6) is 0 Å². The number of nitrogens with zero attached hydrogens (tertiary/aromatic N) is 6. The number of nitriles is 1. The van der Waals surface area contributed by atoms with Crippen molar-refractivity contribution in [3.63, 3.8) is 0 Å². The lowest BCUT2D eigenvalue weighted by Crippen LogP contribution is -2.50. The van der Waals surface area contributed by atoms with Crippen molar-refractivity contribution in [1.29, 1.82) is 5.26 Å². The van der Waals surface area contributed by atoms with E-state index in [-0.39, 0.29) is 30.4 Å². The van der Waals surface area contributed by atoms with Gasteiger partial charge in [-0.3, -0.25) is 19.5 Å². The molecule has 3 heterocycles. The molecule has 5 rings (SSSR count). The SMILES string of the molecule is CC1=C(c2cccc(C(F)(F)F)c2)n2ncc(C#N)c2N(C(=O)CN2CCN(Cc3c(Cl)cccc3Cl)CC2)C1. The van der Waals surface area contributed by atoms with Gasteiger partial charge >= 0.3 is 6.18 Å². The Morgan fingerprint density at radius 3 is 2.35 bits per heavy atom. The van der Waals surface area contributed by atoms with E-state index in [0.717, 1.165) is 30.8 Å². The van der Waals surface area contributed by atoms with Crippen LogP contribution in [0.4, 0.5) is 19.0 Å². The van der Waals surface area contributed by atoms with Crippen LogP contribution in [0, 0.1) is 11.3 Å². The highest BCUT2D eigenvalue weighted by molar-refractivity contribution is 6.35. The summed E-state index contributed by atoms with van der Waals surface area (Å²) >= 11 is 12.6. The molecule has 7 nitrogen and oxygen atoms in total. The van der Waals surface area contributed by atoms with Crippen molar-refractivity contribution in [3.8, 4) is 6.07 Å². The number of piperazine rings is 1. The molecule has 3 aromatic rings. The summed E-state index contributed by atoms with van der Waals surface area (Å²) in [7, 11) is 0. The number of benzene rings is 2. The zero-order chi connectivity index (χ0) is 28.6. The normalized spacial score (nSPS) is 16.7. The summed E-state index contributed by atoms with van der Waals surface area (Å²) in [6, 6.07) is 12.5. The van der Waals surface area contributed by atoms with Gasteiger partial charge in [0.15, 0.2) is 5.82 Å². The molecule has 0 saturated carbocycles. The van der Waals surface area contributed by atoms with Crippen molar-refractivity contribution in [3.05, 3.63) is 86.5 Å². The Hall–Kier alpha value is -3.36. The van der Waals surface area contributed by atoms with Crippen LogP contribution in [-0.2, 0) is 17.5 Å². The maximum Gasteiger partial charge on any atom is 0.416 e. The third kappa shape index (κ3) is 5.60. The fourth-order valence-electron chi connectivity index (χ4n) is 5.12. The minimum atomic E-state index is -4.50. The van der Waals surface area contributed by atoms with Gasteiger partial charge < -0.3 is 0 Å². The third-order valence-corrected chi connectivity index (χ3v) is 7.87. The molecule has 2 aromatic carbocycles. The van der Waals surface area contributed by atoms with E-state index in [1.807, 2.05) is 23.1 Å². The van der Waals surface area contributed by atoms with Gasteiger partial charge in [0, 0.05) is 53.9 Å². The largest absolute Gasteiger partial charge is 0.416 e. The van der Waals surface area contributed by atoms with Crippen LogP contribution in [0.3, 0.4) is 0 Å². The molecule has 0 unspecified atom stereocenters. The smallest absolute Gasteiger partial charge is 0.296 e. The molecule has 0 atom stereocenters. The van der Waals surface area contributed by atoms with Gasteiger partial charge in [0.2, 0.25) is 5.91 Å². The molecule has 208 valence electrons. The maximum atomic E-state index is 13.5. The van der Waals surface area contributed by atoms with E-state index in [4.69, 9.17) is 23.2 Å². The van der Waals surface area contributed by atoms with Gasteiger partial charge in [-0.15, -0.1) is 0 Å². The number of hydrogen-bond acceptors (Lipinski definition) is 5. The molecule has 0 N–H and O–H groups in total. The summed E-state index contributed by atoms with van der Waals surface area (Å²) in [5.74, 6) is 0.0424. The van der Waals surface area contributed by atoms with E-state index in [1.165, 1.54) is 21.8 Å². The average molecular weight is 589 g/mol. The first-order valence-corrected chi connectivity index (χ1v) is 13.4. The lowest BCUT2D eigenvalue weighted by atomic mass is 10.0. The van der Waals surface area contributed by atoms with Crippen molar-refractivity contribution in [2.75, 3.05) is 44.2 Å². The minimum Gasteiger partial charge on any atom is -0.296 e. The number of halogens is 5. The number of carbonyl (C=O) groups excluding carboxylic acids is 1. The molecule has 2 aliphatic heterocycles. The molecule has 0 radical (unpaired) electrons. The summed E-state index contributed by atoms with van der Waals surface area (Å²) in [6.45, 7) is 5.36. The monoisotopic (exact) mass is 588 g/mol. The standard InChI is InChI=1S/C28H25Cl2F3N6O/c1-18-15-38(25(40)17-37-10-8-36(9-11-37)16-22-23(29)6-3-7-24(22)30)27-20(13-34)14-35-39(27)26(18)19-4-2-5-21(12-19)28(31,32)33/h2-7,12,14H,8-11,15-17H2,1H3. The van der Waals surface area contributed by atoms with E-state index in [9.17, 15) is 23.2 Å². The topological polar surface area (TPSA) is 68.4 Å². The predicted octanol–water partition coefficient (Wildman–Crippen LogP) is 5.52. The van der Waals surface area contributed by atoms with E-state index >= 15 is 0 Å². The van der Waals surface area contributed by atoms with Gasteiger partial charge in [0.05, 0.1) is 30.5 Å². The fourth-order valence-corrected chi connectivity index (χ4v) is 5.64. The van der Waals surface area contributed by atoms with Gasteiger partial charge in [0.25, 0.3) is 0 Å². The highest BCUT2D eigenvalue weighted by atomic mass is 35.5. The maximum absolute atomic E-state index is 13.5. The van der Waals surface area contributed by atoms with Crippen LogP contribution in [0.25, 0.3) is 5.70 Å². The fraction of sp³-hybridized carbons (Fsp3) is 0.321. The highest BCUT2D eigenvalue weighted by Crippen LogP contribution is 2.37. The molecular formula is C28H25Cl2F3N6O. The average Bonchev–Trinajstić information content (AvgIpc) is 3.34. The molecule has 1 saturated heterocycles. The molecule has 0 aliphatic carbocycles. The van der Waals surface area contributed by atoms with Crippen LogP contribution < -0.4 is 4.90 Å². The molecule has 2 aliphatic rings. The molecule has 1 aromatic heterocycles. The van der Waals surface area contributed by atoms with Crippen LogP contribution >= 0.6 is 23.2 Å². The molecule has 0 spiro atoms. The first kappa shape index (κ1) is 28.2. The number of carbonyl (C=O) groups is 1. The number of aromatic nitrogens is 2. The summed E-state index contributed by atoms with van der Waals surface area (Å²) in [5.41, 5.74) is 1.66. The Bertz CT molecular complexity index is 1500. The summed E-state index contributed by atoms with van der Waals surface area (Å²) in [4.78, 5) is 19.3. The zero-order valence-corrected chi connectivity index (χ0v) is 23.1. The van der Waals surface area contributed by atoms with E-state index in [0.29, 0.717) is 46.5 Å². The quantitative estimate of drug-likeness (QED) is 0.392. The second kappa shape index (κ2) is 11.3. The third-order valence-electron chi connectivity index (χ3n) is 7.16. The van der Waals surface area contributed by atoms with Gasteiger partial charge in [-0.05, 0) is 36.8 Å². The number of anilines is 1. The van der Waals surface area contributed by atoms with Crippen LogP contribution in [-0.4, -0.2) is 64.8 Å². The second-order valence-corrected chi connectivity index (χ2v) is 10.7. The van der Waals surface area contributed by atoms with Crippen molar-refractivity contribution < 1.29 is 18.0 Å². The van der Waals surface area contributed by atoms with Crippen LogP contribution in [0.1, 0.15) is 29.2 Å². The number of fused-ring (bicyclic) bond motifs is 1. The molecule has 0 bridgehead atoms. The van der Waals surface area contributed by atoms with Crippen molar-refractivity contribution in [2.45, 2.75) is 19.6 Å². The number of rotatable bonds is 5. The van der Waals surface area contributed by atoms with Crippen molar-refractivity contribution in [2.24, 2.45) is 0 Å². The molecule has 12 heteroatoms. The van der Waals surface area contributed by atoms with Gasteiger partial charge in [-0.2, -0.15) is 23.5 Å². The van der Waals surface area contributed by atoms with E-state index in [2.05, 4.69) is 16.1 Å². The van der Waals surface area contributed by atoms with Gasteiger partial charge in [-0.1, -0.05) is 41.4 Å². The van der Waals surface area contributed by atoms with Crippen molar-refractivity contribution in [1.82, 2.24) is 19.6 Å². The Balaban J connectivity index is 1.32. The number of hydrogen-bond donors (Lipinski definition) is 0.